The number of amides is 2. The van der Waals surface area contributed by atoms with Crippen LogP contribution in [-0.4, -0.2) is 66.0 Å². The first kappa shape index (κ1) is 43.3. The second-order valence-corrected chi connectivity index (χ2v) is 14.3. The summed E-state index contributed by atoms with van der Waals surface area (Å²) in [4.78, 5) is 47.1. The van der Waals surface area contributed by atoms with E-state index in [-0.39, 0.29) is 33.7 Å². The molecule has 0 aromatic heterocycles. The highest BCUT2D eigenvalue weighted by atomic mass is 79.9. The number of unbranched alkanes of at least 4 members (excludes halogenated alkanes) is 4. The molecule has 2 amide bonds. The molecular weight excluding hydrogens is 772 g/mol. The number of carbonyl (C=O) groups is 3. The molecule has 0 bridgehead atoms. The van der Waals surface area contributed by atoms with Crippen molar-refractivity contribution in [3.63, 3.8) is 0 Å². The summed E-state index contributed by atoms with van der Waals surface area (Å²) in [6.45, 7) is 10.4. The summed E-state index contributed by atoms with van der Waals surface area (Å²) >= 11 is 7.33. The summed E-state index contributed by atoms with van der Waals surface area (Å²) in [5.74, 6) is 1.10. The highest BCUT2D eigenvalue weighted by Crippen LogP contribution is 2.23. The Morgan fingerprint density at radius 1 is 0.580 bits per heavy atom. The van der Waals surface area contributed by atoms with Gasteiger partial charge in [0.1, 0.15) is 23.7 Å². The lowest BCUT2D eigenvalue weighted by atomic mass is 10.1. The number of rotatable bonds is 26. The standard InChI is InChI=1S/C37H56Br2N4O7/c1-5-31(38)33(7-3)47-29-19-15-17-27(25-29)35(44)40-21-11-9-13-23-42-49-37(46)50-43-24-14-10-12-22-41-36(45)28-18-16-20-30(26-28)48-34(8-4)32(39)6-2/h15-20,25-26,31-34,42-43H,5-14,21-24H2,1-4H3,(H,40,44)(H,41,45). The molecule has 0 fully saturated rings. The van der Waals surface area contributed by atoms with Gasteiger partial charge in [-0.3, -0.25) is 9.59 Å². The summed E-state index contributed by atoms with van der Waals surface area (Å²) in [5, 5.41) is 5.89. The van der Waals surface area contributed by atoms with Gasteiger partial charge in [0, 0.05) is 37.3 Å². The fraction of sp³-hybridized carbons (Fsp3) is 0.595. The van der Waals surface area contributed by atoms with Gasteiger partial charge in [0.25, 0.3) is 11.8 Å². The molecule has 2 rings (SSSR count). The number of hydroxylamine groups is 2. The van der Waals surface area contributed by atoms with Crippen LogP contribution in [0.4, 0.5) is 4.79 Å². The Balaban J connectivity index is 1.46. The number of hydrogen-bond donors (Lipinski definition) is 4. The zero-order valence-corrected chi connectivity index (χ0v) is 33.1. The van der Waals surface area contributed by atoms with Gasteiger partial charge in [-0.25, -0.2) is 0 Å². The van der Waals surface area contributed by atoms with E-state index < -0.39 is 6.16 Å². The summed E-state index contributed by atoms with van der Waals surface area (Å²) in [7, 11) is 0. The number of carbonyl (C=O) groups excluding carboxylic acids is 3. The Bertz CT molecular complexity index is 1180. The molecule has 0 aliphatic heterocycles. The minimum atomic E-state index is -0.861. The Labute approximate surface area is 314 Å². The van der Waals surface area contributed by atoms with Gasteiger partial charge in [-0.15, -0.1) is 11.0 Å². The molecule has 50 heavy (non-hydrogen) atoms. The van der Waals surface area contributed by atoms with Crippen LogP contribution in [0.25, 0.3) is 0 Å². The Morgan fingerprint density at radius 2 is 0.980 bits per heavy atom. The number of hydrogen-bond acceptors (Lipinski definition) is 9. The fourth-order valence-corrected chi connectivity index (χ4v) is 5.93. The van der Waals surface area contributed by atoms with Crippen LogP contribution in [0.15, 0.2) is 48.5 Å². The molecule has 0 saturated heterocycles. The van der Waals surface area contributed by atoms with E-state index in [0.717, 1.165) is 64.2 Å². The molecule has 0 radical (unpaired) electrons. The van der Waals surface area contributed by atoms with E-state index in [4.69, 9.17) is 19.1 Å². The molecule has 0 saturated carbocycles. The molecule has 4 atom stereocenters. The first-order valence-electron chi connectivity index (χ1n) is 17.9. The third kappa shape index (κ3) is 17.4. The van der Waals surface area contributed by atoms with Crippen molar-refractivity contribution in [3.05, 3.63) is 59.7 Å². The minimum Gasteiger partial charge on any atom is -0.489 e. The topological polar surface area (TPSA) is 136 Å². The van der Waals surface area contributed by atoms with E-state index in [1.807, 2.05) is 24.3 Å². The molecule has 0 aliphatic rings. The Kier molecular flexibility index (Phi) is 22.5. The van der Waals surface area contributed by atoms with Gasteiger partial charge in [0.05, 0.1) is 9.65 Å². The fourth-order valence-electron chi connectivity index (χ4n) is 4.97. The van der Waals surface area contributed by atoms with Crippen LogP contribution >= 0.6 is 31.9 Å². The second-order valence-electron chi connectivity index (χ2n) is 11.9. The Hall–Kier alpha value is -2.87. The SMILES string of the molecule is CCC(Br)C(CC)Oc1cccc(C(=O)NCCCCCNOC(=O)ONCCCCCNC(=O)c2cccc(OC(CC)C(Br)CC)c2)c1. The Morgan fingerprint density at radius 3 is 1.36 bits per heavy atom. The summed E-state index contributed by atoms with van der Waals surface area (Å²) in [6, 6.07) is 14.5. The minimum absolute atomic E-state index is 0.0432. The second kappa shape index (κ2) is 26.0. The normalized spacial score (nSPS) is 13.4. The molecule has 2 aromatic rings. The van der Waals surface area contributed by atoms with Crippen molar-refractivity contribution in [3.8, 4) is 11.5 Å². The summed E-state index contributed by atoms with van der Waals surface area (Å²) in [5.41, 5.74) is 6.32. The maximum atomic E-state index is 12.6. The van der Waals surface area contributed by atoms with Crippen LogP contribution in [0.5, 0.6) is 11.5 Å². The largest absolute Gasteiger partial charge is 0.547 e. The quantitative estimate of drug-likeness (QED) is 0.0423. The number of alkyl halides is 2. The average molecular weight is 829 g/mol. The number of benzene rings is 2. The predicted molar refractivity (Wildman–Crippen MR) is 204 cm³/mol. The maximum Gasteiger partial charge on any atom is 0.547 e. The highest BCUT2D eigenvalue weighted by Gasteiger charge is 2.19. The van der Waals surface area contributed by atoms with Crippen LogP contribution in [0.2, 0.25) is 0 Å². The molecule has 0 spiro atoms. The van der Waals surface area contributed by atoms with Crippen LogP contribution in [0.1, 0.15) is 113 Å². The van der Waals surface area contributed by atoms with Crippen LogP contribution < -0.4 is 31.1 Å². The number of nitrogens with one attached hydrogen (secondary N) is 4. The van der Waals surface area contributed by atoms with E-state index in [2.05, 4.69) is 81.1 Å². The molecule has 4 N–H and O–H groups in total. The van der Waals surface area contributed by atoms with Crippen LogP contribution in [0, 0.1) is 0 Å². The van der Waals surface area contributed by atoms with Gasteiger partial charge in [-0.05, 0) is 87.8 Å². The molecule has 0 heterocycles. The van der Waals surface area contributed by atoms with E-state index in [1.54, 1.807) is 24.3 Å². The third-order valence-corrected chi connectivity index (χ3v) is 10.4. The highest BCUT2D eigenvalue weighted by molar-refractivity contribution is 9.09. The molecule has 4 unspecified atom stereocenters. The van der Waals surface area contributed by atoms with Crippen molar-refractivity contribution in [1.82, 2.24) is 21.6 Å². The first-order valence-corrected chi connectivity index (χ1v) is 19.8. The first-order chi connectivity index (χ1) is 24.2. The van der Waals surface area contributed by atoms with E-state index in [0.29, 0.717) is 48.8 Å². The molecule has 2 aromatic carbocycles. The molecule has 11 nitrogen and oxygen atoms in total. The van der Waals surface area contributed by atoms with Crippen molar-refractivity contribution in [2.75, 3.05) is 26.2 Å². The van der Waals surface area contributed by atoms with E-state index in [9.17, 15) is 14.4 Å². The van der Waals surface area contributed by atoms with Crippen molar-refractivity contribution >= 4 is 49.8 Å². The lowest BCUT2D eigenvalue weighted by Gasteiger charge is -2.22. The van der Waals surface area contributed by atoms with Gasteiger partial charge >= 0.3 is 6.16 Å². The van der Waals surface area contributed by atoms with Gasteiger partial charge in [0.2, 0.25) is 0 Å². The monoisotopic (exact) mass is 826 g/mol. The zero-order chi connectivity index (χ0) is 36.6. The lowest BCUT2D eigenvalue weighted by molar-refractivity contribution is -0.0141. The van der Waals surface area contributed by atoms with Crippen molar-refractivity contribution in [2.24, 2.45) is 0 Å². The van der Waals surface area contributed by atoms with Gasteiger partial charge < -0.3 is 29.8 Å². The maximum absolute atomic E-state index is 12.6. The average Bonchev–Trinajstić information content (AvgIpc) is 3.14. The zero-order valence-electron chi connectivity index (χ0n) is 29.9. The van der Waals surface area contributed by atoms with Crippen molar-refractivity contribution in [1.29, 1.82) is 0 Å². The molecule has 13 heteroatoms. The van der Waals surface area contributed by atoms with Crippen LogP contribution in [0.3, 0.4) is 0 Å². The molecular formula is C37H56Br2N4O7. The predicted octanol–water partition coefficient (Wildman–Crippen LogP) is 8.01. The van der Waals surface area contributed by atoms with Gasteiger partial charge in [-0.2, -0.15) is 4.79 Å². The summed E-state index contributed by atoms with van der Waals surface area (Å²) in [6.07, 6.45) is 7.66. The van der Waals surface area contributed by atoms with Crippen molar-refractivity contribution < 1.29 is 33.5 Å². The van der Waals surface area contributed by atoms with Gasteiger partial charge in [-0.1, -0.05) is 84.5 Å². The van der Waals surface area contributed by atoms with E-state index in [1.165, 1.54) is 0 Å². The summed E-state index contributed by atoms with van der Waals surface area (Å²) < 4.78 is 12.2. The van der Waals surface area contributed by atoms with Gasteiger partial charge in [0.15, 0.2) is 0 Å². The number of ether oxygens (including phenoxy) is 2. The smallest absolute Gasteiger partial charge is 0.489 e. The van der Waals surface area contributed by atoms with Crippen LogP contribution in [-0.2, 0) is 9.68 Å². The lowest BCUT2D eigenvalue weighted by Crippen LogP contribution is -2.28. The number of halogens is 2. The third-order valence-electron chi connectivity index (χ3n) is 7.95. The molecule has 280 valence electrons. The molecule has 0 aliphatic carbocycles. The van der Waals surface area contributed by atoms with E-state index >= 15 is 0 Å². The van der Waals surface area contributed by atoms with Crippen molar-refractivity contribution in [2.45, 2.75) is 114 Å².